The average molecular weight is 440 g/mol. The van der Waals surface area contributed by atoms with E-state index in [4.69, 9.17) is 18.9 Å². The summed E-state index contributed by atoms with van der Waals surface area (Å²) in [5, 5.41) is 5.42. The quantitative estimate of drug-likeness (QED) is 0.432. The van der Waals surface area contributed by atoms with Crippen LogP contribution < -0.4 is 24.8 Å². The molecule has 0 aliphatic carbocycles. The third kappa shape index (κ3) is 5.72. The second kappa shape index (κ2) is 11.1. The number of allylic oxidation sites excluding steroid dienone is 1. The summed E-state index contributed by atoms with van der Waals surface area (Å²) in [7, 11) is 1.54. The van der Waals surface area contributed by atoms with Crippen LogP contribution in [0, 0.1) is 0 Å². The number of ether oxygens (including phenoxy) is 4. The number of esters is 1. The lowest BCUT2D eigenvalue weighted by Gasteiger charge is -2.28. The van der Waals surface area contributed by atoms with Crippen LogP contribution in [0.4, 0.5) is 4.79 Å². The van der Waals surface area contributed by atoms with Gasteiger partial charge in [-0.05, 0) is 43.2 Å². The summed E-state index contributed by atoms with van der Waals surface area (Å²) in [6.45, 7) is 4.52. The molecular weight excluding hydrogens is 412 g/mol. The van der Waals surface area contributed by atoms with Gasteiger partial charge in [0, 0.05) is 5.70 Å². The monoisotopic (exact) mass is 440 g/mol. The molecule has 8 heteroatoms. The van der Waals surface area contributed by atoms with E-state index < -0.39 is 18.0 Å². The molecule has 0 aromatic heterocycles. The first-order valence-corrected chi connectivity index (χ1v) is 10.5. The van der Waals surface area contributed by atoms with Crippen molar-refractivity contribution in [2.75, 3.05) is 26.9 Å². The van der Waals surface area contributed by atoms with Gasteiger partial charge in [0.05, 0.1) is 25.3 Å². The van der Waals surface area contributed by atoms with Crippen LogP contribution in [-0.2, 0) is 9.53 Å². The fraction of sp³-hybridized carbons (Fsp3) is 0.333. The van der Waals surface area contributed by atoms with Crippen LogP contribution >= 0.6 is 0 Å². The molecule has 2 N–H and O–H groups in total. The summed E-state index contributed by atoms with van der Waals surface area (Å²) in [6, 6.07) is 13.5. The van der Waals surface area contributed by atoms with E-state index in [9.17, 15) is 9.59 Å². The number of carbonyl (C=O) groups is 2. The highest BCUT2D eigenvalue weighted by molar-refractivity contribution is 5.95. The van der Waals surface area contributed by atoms with Crippen molar-refractivity contribution in [1.82, 2.24) is 10.6 Å². The number of amides is 2. The largest absolute Gasteiger partial charge is 0.493 e. The van der Waals surface area contributed by atoms with E-state index in [1.54, 1.807) is 32.2 Å². The van der Waals surface area contributed by atoms with E-state index >= 15 is 0 Å². The molecule has 0 saturated carbocycles. The smallest absolute Gasteiger partial charge is 0.338 e. The molecule has 0 bridgehead atoms. The van der Waals surface area contributed by atoms with Crippen LogP contribution in [0.25, 0.3) is 0 Å². The van der Waals surface area contributed by atoms with Crippen LogP contribution in [0.15, 0.2) is 59.8 Å². The van der Waals surface area contributed by atoms with E-state index in [0.29, 0.717) is 40.7 Å². The summed E-state index contributed by atoms with van der Waals surface area (Å²) >= 11 is 0. The predicted molar refractivity (Wildman–Crippen MR) is 119 cm³/mol. The van der Waals surface area contributed by atoms with Crippen molar-refractivity contribution in [2.45, 2.75) is 26.3 Å². The van der Waals surface area contributed by atoms with Gasteiger partial charge in [-0.3, -0.25) is 0 Å². The van der Waals surface area contributed by atoms with Gasteiger partial charge in [-0.1, -0.05) is 31.2 Å². The molecule has 8 nitrogen and oxygen atoms in total. The number of para-hydroxylation sites is 1. The van der Waals surface area contributed by atoms with Crippen molar-refractivity contribution < 1.29 is 28.5 Å². The highest BCUT2D eigenvalue weighted by Gasteiger charge is 2.32. The Morgan fingerprint density at radius 3 is 2.50 bits per heavy atom. The van der Waals surface area contributed by atoms with Gasteiger partial charge in [0.2, 0.25) is 0 Å². The number of hydrogen-bond donors (Lipinski definition) is 2. The molecule has 0 fully saturated rings. The fourth-order valence-electron chi connectivity index (χ4n) is 3.30. The minimum atomic E-state index is -0.694. The van der Waals surface area contributed by atoms with Crippen molar-refractivity contribution >= 4 is 12.0 Å². The number of benzene rings is 2. The average Bonchev–Trinajstić information content (AvgIpc) is 2.80. The van der Waals surface area contributed by atoms with Crippen LogP contribution in [0.2, 0.25) is 0 Å². The third-order valence-corrected chi connectivity index (χ3v) is 4.80. The molecule has 0 radical (unpaired) electrons. The van der Waals surface area contributed by atoms with E-state index in [-0.39, 0.29) is 13.2 Å². The summed E-state index contributed by atoms with van der Waals surface area (Å²) in [4.78, 5) is 25.0. The van der Waals surface area contributed by atoms with Crippen molar-refractivity contribution in [3.05, 3.63) is 65.4 Å². The highest BCUT2D eigenvalue weighted by atomic mass is 16.6. The molecule has 0 saturated heterocycles. The zero-order valence-corrected chi connectivity index (χ0v) is 18.5. The third-order valence-electron chi connectivity index (χ3n) is 4.80. The molecule has 170 valence electrons. The van der Waals surface area contributed by atoms with E-state index in [1.807, 2.05) is 37.3 Å². The van der Waals surface area contributed by atoms with Gasteiger partial charge < -0.3 is 29.6 Å². The summed E-state index contributed by atoms with van der Waals surface area (Å²) in [5.41, 5.74) is 1.42. The van der Waals surface area contributed by atoms with Crippen molar-refractivity contribution in [3.63, 3.8) is 0 Å². The maximum Gasteiger partial charge on any atom is 0.338 e. The number of hydrogen-bond acceptors (Lipinski definition) is 6. The Labute approximate surface area is 187 Å². The Hall–Kier alpha value is -3.68. The van der Waals surface area contributed by atoms with Crippen LogP contribution in [0.3, 0.4) is 0 Å². The first kappa shape index (κ1) is 23.0. The van der Waals surface area contributed by atoms with Gasteiger partial charge in [-0.2, -0.15) is 0 Å². The van der Waals surface area contributed by atoms with Gasteiger partial charge in [-0.25, -0.2) is 9.59 Å². The predicted octanol–water partition coefficient (Wildman–Crippen LogP) is 3.73. The molecule has 3 rings (SSSR count). The van der Waals surface area contributed by atoms with Crippen molar-refractivity contribution in [2.24, 2.45) is 0 Å². The van der Waals surface area contributed by atoms with Crippen LogP contribution in [0.5, 0.6) is 17.2 Å². The normalized spacial score (nSPS) is 15.5. The van der Waals surface area contributed by atoms with Gasteiger partial charge in [0.1, 0.15) is 19.0 Å². The molecule has 1 heterocycles. The first-order valence-electron chi connectivity index (χ1n) is 10.5. The van der Waals surface area contributed by atoms with E-state index in [2.05, 4.69) is 10.6 Å². The number of rotatable bonds is 10. The van der Waals surface area contributed by atoms with Crippen molar-refractivity contribution in [3.8, 4) is 17.2 Å². The standard InChI is InChI=1S/C24H28N2O6/c1-4-12-31-19-11-10-17(15-20(19)29-3)22-21(16(2)25-24(28)26-22)23(27)32-14-13-30-18-8-6-5-7-9-18/h5-11,15,22H,4,12-14H2,1-3H3,(H2,25,26,28). The Kier molecular flexibility index (Phi) is 7.96. The Balaban J connectivity index is 1.73. The molecule has 1 aliphatic heterocycles. The van der Waals surface area contributed by atoms with E-state index in [0.717, 1.165) is 6.42 Å². The van der Waals surface area contributed by atoms with Gasteiger partial charge in [0.15, 0.2) is 11.5 Å². The summed E-state index contributed by atoms with van der Waals surface area (Å²) in [5.74, 6) is 1.27. The van der Waals surface area contributed by atoms with E-state index in [1.165, 1.54) is 0 Å². The zero-order chi connectivity index (χ0) is 22.9. The maximum absolute atomic E-state index is 12.9. The zero-order valence-electron chi connectivity index (χ0n) is 18.5. The van der Waals surface area contributed by atoms with Crippen molar-refractivity contribution in [1.29, 1.82) is 0 Å². The molecule has 1 aliphatic rings. The number of methoxy groups -OCH3 is 1. The molecule has 1 unspecified atom stereocenters. The minimum absolute atomic E-state index is 0.0677. The molecule has 2 aromatic carbocycles. The van der Waals surface area contributed by atoms with Crippen LogP contribution in [0.1, 0.15) is 31.9 Å². The lowest BCUT2D eigenvalue weighted by Crippen LogP contribution is -2.45. The SMILES string of the molecule is CCCOc1ccc(C2NC(=O)NC(C)=C2C(=O)OCCOc2ccccc2)cc1OC. The van der Waals surface area contributed by atoms with Gasteiger partial charge >= 0.3 is 12.0 Å². The summed E-state index contributed by atoms with van der Waals surface area (Å²) < 4.78 is 22.1. The first-order chi connectivity index (χ1) is 15.5. The molecule has 0 spiro atoms. The number of urea groups is 1. The fourth-order valence-corrected chi connectivity index (χ4v) is 3.30. The van der Waals surface area contributed by atoms with Gasteiger partial charge in [-0.15, -0.1) is 0 Å². The Morgan fingerprint density at radius 1 is 1.00 bits per heavy atom. The molecule has 32 heavy (non-hydrogen) atoms. The molecule has 2 aromatic rings. The Bertz CT molecular complexity index is 974. The minimum Gasteiger partial charge on any atom is -0.493 e. The van der Waals surface area contributed by atoms with Crippen LogP contribution in [-0.4, -0.2) is 38.9 Å². The lowest BCUT2D eigenvalue weighted by atomic mass is 9.95. The second-order valence-electron chi connectivity index (χ2n) is 7.13. The van der Waals surface area contributed by atoms with Gasteiger partial charge in [0.25, 0.3) is 0 Å². The summed E-state index contributed by atoms with van der Waals surface area (Å²) in [6.07, 6.45) is 0.862. The Morgan fingerprint density at radius 2 is 1.78 bits per heavy atom. The topological polar surface area (TPSA) is 95.1 Å². The number of carbonyl (C=O) groups excluding carboxylic acids is 2. The highest BCUT2D eigenvalue weighted by Crippen LogP contribution is 2.34. The number of nitrogens with one attached hydrogen (secondary N) is 2. The molecular formula is C24H28N2O6. The lowest BCUT2D eigenvalue weighted by molar-refractivity contribution is -0.140. The maximum atomic E-state index is 12.9. The molecule has 2 amide bonds. The molecule has 1 atom stereocenters. The second-order valence-corrected chi connectivity index (χ2v) is 7.13.